The summed E-state index contributed by atoms with van der Waals surface area (Å²) in [6.07, 6.45) is 2.69. The summed E-state index contributed by atoms with van der Waals surface area (Å²) in [5, 5.41) is 14.4. The van der Waals surface area contributed by atoms with Gasteiger partial charge < -0.3 is 14.5 Å². The predicted molar refractivity (Wildman–Crippen MR) is 87.9 cm³/mol. The Labute approximate surface area is 142 Å². The van der Waals surface area contributed by atoms with Crippen molar-refractivity contribution in [2.75, 3.05) is 25.9 Å². The van der Waals surface area contributed by atoms with Crippen molar-refractivity contribution in [1.82, 2.24) is 14.8 Å². The number of aliphatic hydroxyl groups is 1. The number of aromatic nitrogens is 1. The van der Waals surface area contributed by atoms with E-state index in [9.17, 15) is 18.3 Å². The Morgan fingerprint density at radius 3 is 2.67 bits per heavy atom. The molecule has 24 heavy (non-hydrogen) atoms. The zero-order valence-electron chi connectivity index (χ0n) is 14.3. The number of carbonyl (C=O) groups is 1. The minimum atomic E-state index is -3.36. The fraction of sp³-hybridized carbons (Fsp3) is 0.733. The molecule has 1 aromatic heterocycles. The van der Waals surface area contributed by atoms with Crippen LogP contribution >= 0.6 is 0 Å². The molecule has 0 aromatic carbocycles. The third-order valence-electron chi connectivity index (χ3n) is 4.44. The molecule has 0 bridgehead atoms. The van der Waals surface area contributed by atoms with Gasteiger partial charge in [-0.1, -0.05) is 5.16 Å². The molecule has 0 radical (unpaired) electrons. The lowest BCUT2D eigenvalue weighted by Crippen LogP contribution is -2.43. The van der Waals surface area contributed by atoms with Crippen LogP contribution in [0, 0.1) is 13.8 Å². The number of nitrogens with one attached hydrogen (secondary N) is 1. The quantitative estimate of drug-likeness (QED) is 0.772. The van der Waals surface area contributed by atoms with Crippen LogP contribution in [-0.2, 0) is 21.2 Å². The van der Waals surface area contributed by atoms with Gasteiger partial charge >= 0.3 is 0 Å². The lowest BCUT2D eigenvalue weighted by atomic mass is 9.95. The van der Waals surface area contributed by atoms with Gasteiger partial charge in [-0.15, -0.1) is 0 Å². The van der Waals surface area contributed by atoms with E-state index in [1.807, 2.05) is 0 Å². The molecule has 0 spiro atoms. The topological polar surface area (TPSA) is 113 Å². The first-order valence-electron chi connectivity index (χ1n) is 7.96. The number of amides is 1. The molecule has 0 unspecified atom stereocenters. The minimum Gasteiger partial charge on any atom is -0.388 e. The molecule has 9 heteroatoms. The van der Waals surface area contributed by atoms with Gasteiger partial charge in [0.2, 0.25) is 15.9 Å². The third-order valence-corrected chi connectivity index (χ3v) is 5.11. The molecule has 136 valence electrons. The van der Waals surface area contributed by atoms with Gasteiger partial charge in [0.25, 0.3) is 0 Å². The van der Waals surface area contributed by atoms with Gasteiger partial charge in [-0.25, -0.2) is 13.1 Å². The molecule has 2 rings (SSSR count). The summed E-state index contributed by atoms with van der Waals surface area (Å²) in [5.41, 5.74) is 0.393. The summed E-state index contributed by atoms with van der Waals surface area (Å²) in [6.45, 7) is 4.49. The molecule has 1 amide bonds. The largest absolute Gasteiger partial charge is 0.388 e. The number of hydrogen-bond acceptors (Lipinski definition) is 6. The highest BCUT2D eigenvalue weighted by Crippen LogP contribution is 2.23. The SMILES string of the molecule is Cc1noc(C)c1CC(=O)N1CCC[C@@](O)(CNS(C)(=O)=O)CC1. The second kappa shape index (κ2) is 7.20. The van der Waals surface area contributed by atoms with Crippen LogP contribution < -0.4 is 4.72 Å². The molecule has 0 aliphatic carbocycles. The van der Waals surface area contributed by atoms with E-state index in [0.717, 1.165) is 11.8 Å². The van der Waals surface area contributed by atoms with Crippen molar-refractivity contribution in [2.24, 2.45) is 0 Å². The lowest BCUT2D eigenvalue weighted by molar-refractivity contribution is -0.130. The second-order valence-electron chi connectivity index (χ2n) is 6.53. The normalized spacial score (nSPS) is 22.4. The third kappa shape index (κ3) is 5.02. The summed E-state index contributed by atoms with van der Waals surface area (Å²) in [6, 6.07) is 0. The van der Waals surface area contributed by atoms with Crippen LogP contribution in [0.4, 0.5) is 0 Å². The Hall–Kier alpha value is -1.45. The summed E-state index contributed by atoms with van der Waals surface area (Å²) >= 11 is 0. The number of sulfonamides is 1. The Kier molecular flexibility index (Phi) is 5.67. The first-order valence-corrected chi connectivity index (χ1v) is 9.85. The fourth-order valence-corrected chi connectivity index (χ4v) is 3.42. The molecule has 1 fully saturated rings. The zero-order valence-corrected chi connectivity index (χ0v) is 15.1. The van der Waals surface area contributed by atoms with Crippen molar-refractivity contribution in [1.29, 1.82) is 0 Å². The molecular weight excluding hydrogens is 334 g/mol. The number of aryl methyl sites for hydroxylation is 2. The van der Waals surface area contributed by atoms with E-state index in [0.29, 0.717) is 43.8 Å². The second-order valence-corrected chi connectivity index (χ2v) is 8.36. The van der Waals surface area contributed by atoms with Crippen LogP contribution in [-0.4, -0.2) is 61.0 Å². The van der Waals surface area contributed by atoms with Crippen molar-refractivity contribution >= 4 is 15.9 Å². The monoisotopic (exact) mass is 359 g/mol. The highest BCUT2D eigenvalue weighted by atomic mass is 32.2. The standard InChI is InChI=1S/C15H25N3O5S/c1-11-13(12(2)23-17-11)9-14(19)18-7-4-5-15(20,6-8-18)10-16-24(3,21)22/h16,20H,4-10H2,1-3H3/t15-/m0/s1. The summed E-state index contributed by atoms with van der Waals surface area (Å²) in [5.74, 6) is 0.606. The Bertz CT molecular complexity index is 680. The Morgan fingerprint density at radius 1 is 1.38 bits per heavy atom. The van der Waals surface area contributed by atoms with Gasteiger partial charge in [-0.3, -0.25) is 4.79 Å². The zero-order chi connectivity index (χ0) is 18.0. The molecule has 2 heterocycles. The van der Waals surface area contributed by atoms with E-state index >= 15 is 0 Å². The van der Waals surface area contributed by atoms with E-state index in [2.05, 4.69) is 9.88 Å². The van der Waals surface area contributed by atoms with Crippen LogP contribution in [0.3, 0.4) is 0 Å². The highest BCUT2D eigenvalue weighted by molar-refractivity contribution is 7.88. The van der Waals surface area contributed by atoms with E-state index in [1.165, 1.54) is 0 Å². The maximum atomic E-state index is 12.5. The predicted octanol–water partition coefficient (Wildman–Crippen LogP) is 0.127. The molecule has 0 saturated carbocycles. The minimum absolute atomic E-state index is 0.0300. The maximum Gasteiger partial charge on any atom is 0.227 e. The van der Waals surface area contributed by atoms with E-state index in [-0.39, 0.29) is 18.9 Å². The molecule has 1 saturated heterocycles. The van der Waals surface area contributed by atoms with Crippen molar-refractivity contribution in [3.05, 3.63) is 17.0 Å². The number of likely N-dealkylation sites (tertiary alicyclic amines) is 1. The van der Waals surface area contributed by atoms with Gasteiger partial charge in [0.05, 0.1) is 24.0 Å². The number of rotatable bonds is 5. The van der Waals surface area contributed by atoms with Gasteiger partial charge in [0, 0.05) is 25.2 Å². The van der Waals surface area contributed by atoms with Crippen LogP contribution in [0.25, 0.3) is 0 Å². The number of nitrogens with zero attached hydrogens (tertiary/aromatic N) is 2. The number of carbonyl (C=O) groups excluding carboxylic acids is 1. The lowest BCUT2D eigenvalue weighted by Gasteiger charge is -2.26. The van der Waals surface area contributed by atoms with Gasteiger partial charge in [0.1, 0.15) is 5.76 Å². The van der Waals surface area contributed by atoms with Crippen molar-refractivity contribution in [2.45, 2.75) is 45.1 Å². The summed E-state index contributed by atoms with van der Waals surface area (Å²) < 4.78 is 29.9. The molecule has 2 N–H and O–H groups in total. The van der Waals surface area contributed by atoms with Crippen molar-refractivity contribution in [3.8, 4) is 0 Å². The van der Waals surface area contributed by atoms with E-state index in [1.54, 1.807) is 18.7 Å². The first-order chi connectivity index (χ1) is 11.1. The summed E-state index contributed by atoms with van der Waals surface area (Å²) in [4.78, 5) is 14.2. The van der Waals surface area contributed by atoms with Crippen LogP contribution in [0.2, 0.25) is 0 Å². The molecule has 1 aliphatic rings. The molecule has 1 aromatic rings. The Morgan fingerprint density at radius 2 is 2.08 bits per heavy atom. The van der Waals surface area contributed by atoms with Crippen molar-refractivity contribution < 1.29 is 22.8 Å². The van der Waals surface area contributed by atoms with E-state index in [4.69, 9.17) is 4.52 Å². The van der Waals surface area contributed by atoms with Gasteiger partial charge in [0.15, 0.2) is 0 Å². The van der Waals surface area contributed by atoms with Gasteiger partial charge in [-0.05, 0) is 33.1 Å². The number of hydrogen-bond donors (Lipinski definition) is 2. The maximum absolute atomic E-state index is 12.5. The molecule has 1 aliphatic heterocycles. The average Bonchev–Trinajstić information content (AvgIpc) is 2.70. The average molecular weight is 359 g/mol. The van der Waals surface area contributed by atoms with Crippen LogP contribution in [0.15, 0.2) is 4.52 Å². The highest BCUT2D eigenvalue weighted by Gasteiger charge is 2.32. The van der Waals surface area contributed by atoms with Crippen LogP contribution in [0.1, 0.15) is 36.3 Å². The first kappa shape index (κ1) is 18.9. The van der Waals surface area contributed by atoms with Gasteiger partial charge in [-0.2, -0.15) is 0 Å². The Balaban J connectivity index is 1.96. The van der Waals surface area contributed by atoms with Crippen molar-refractivity contribution in [3.63, 3.8) is 0 Å². The molecular formula is C15H25N3O5S. The van der Waals surface area contributed by atoms with E-state index < -0.39 is 15.6 Å². The summed E-state index contributed by atoms with van der Waals surface area (Å²) in [7, 11) is -3.36. The smallest absolute Gasteiger partial charge is 0.227 e. The molecule has 8 nitrogen and oxygen atoms in total. The fourth-order valence-electron chi connectivity index (χ4n) is 2.89. The van der Waals surface area contributed by atoms with Crippen LogP contribution in [0.5, 0.6) is 0 Å². The molecule has 1 atom stereocenters.